The molecular weight excluding hydrogens is 266 g/mol. The van der Waals surface area contributed by atoms with Crippen molar-refractivity contribution < 1.29 is 8.42 Å². The zero-order valence-electron chi connectivity index (χ0n) is 10.7. The van der Waals surface area contributed by atoms with Crippen molar-refractivity contribution in [3.8, 4) is 0 Å². The van der Waals surface area contributed by atoms with Crippen LogP contribution in [0.4, 0.5) is 11.6 Å². The number of nitrogens with zero attached hydrogens (tertiary/aromatic N) is 3. The Kier molecular flexibility index (Phi) is 3.43. The quantitative estimate of drug-likeness (QED) is 0.870. The second-order valence-electron chi connectivity index (χ2n) is 4.00. The summed E-state index contributed by atoms with van der Waals surface area (Å²) < 4.78 is 28.2. The van der Waals surface area contributed by atoms with Crippen LogP contribution < -0.4 is 10.5 Å². The van der Waals surface area contributed by atoms with Gasteiger partial charge in [0.05, 0.1) is 0 Å². The number of pyridine rings is 1. The van der Waals surface area contributed by atoms with Gasteiger partial charge in [-0.25, -0.2) is 13.4 Å². The summed E-state index contributed by atoms with van der Waals surface area (Å²) in [6.07, 6.45) is 1.40. The fraction of sp³-hybridized carbons (Fsp3) is 0.273. The van der Waals surface area contributed by atoms with Crippen LogP contribution in [0.5, 0.6) is 0 Å². The van der Waals surface area contributed by atoms with Crippen molar-refractivity contribution >= 4 is 21.7 Å². The number of nitrogens with one attached hydrogen (secondary N) is 1. The molecule has 3 N–H and O–H groups in total. The van der Waals surface area contributed by atoms with E-state index in [1.165, 1.54) is 10.9 Å². The van der Waals surface area contributed by atoms with Gasteiger partial charge in [-0.3, -0.25) is 9.40 Å². The van der Waals surface area contributed by atoms with Crippen LogP contribution in [0.2, 0.25) is 0 Å². The minimum absolute atomic E-state index is 0.0259. The molecule has 0 aliphatic rings. The lowest BCUT2D eigenvalue weighted by molar-refractivity contribution is 0.600. The lowest BCUT2D eigenvalue weighted by Gasteiger charge is -2.06. The topological polar surface area (TPSA) is 103 Å². The first kappa shape index (κ1) is 13.3. The molecule has 0 aromatic carbocycles. The first-order valence-corrected chi connectivity index (χ1v) is 7.20. The lowest BCUT2D eigenvalue weighted by Crippen LogP contribution is -2.15. The van der Waals surface area contributed by atoms with Gasteiger partial charge >= 0.3 is 0 Å². The minimum Gasteiger partial charge on any atom is -0.381 e. The molecule has 0 spiro atoms. The van der Waals surface area contributed by atoms with Crippen LogP contribution in [0.15, 0.2) is 29.3 Å². The SMILES string of the molecule is CCn1cc(S(=O)(=O)Nc2cccc(C)n2)c(N)n1. The molecule has 102 valence electrons. The summed E-state index contributed by atoms with van der Waals surface area (Å²) in [4.78, 5) is 4.04. The highest BCUT2D eigenvalue weighted by atomic mass is 32.2. The van der Waals surface area contributed by atoms with E-state index in [1.807, 2.05) is 6.92 Å². The Balaban J connectivity index is 2.34. The lowest BCUT2D eigenvalue weighted by atomic mass is 10.4. The second kappa shape index (κ2) is 4.88. The predicted octanol–water partition coefficient (Wildman–Crippen LogP) is 0.989. The van der Waals surface area contributed by atoms with Crippen molar-refractivity contribution in [2.75, 3.05) is 10.5 Å². The van der Waals surface area contributed by atoms with E-state index in [4.69, 9.17) is 5.73 Å². The molecule has 0 aliphatic heterocycles. The zero-order valence-corrected chi connectivity index (χ0v) is 11.5. The highest BCUT2D eigenvalue weighted by Gasteiger charge is 2.21. The van der Waals surface area contributed by atoms with Crippen LogP contribution in [0, 0.1) is 6.92 Å². The largest absolute Gasteiger partial charge is 0.381 e. The third-order valence-electron chi connectivity index (χ3n) is 2.50. The maximum Gasteiger partial charge on any atom is 0.268 e. The number of rotatable bonds is 4. The summed E-state index contributed by atoms with van der Waals surface area (Å²) in [5.41, 5.74) is 6.33. The smallest absolute Gasteiger partial charge is 0.268 e. The molecule has 2 rings (SSSR count). The minimum atomic E-state index is -3.77. The van der Waals surface area contributed by atoms with Crippen LogP contribution in [0.3, 0.4) is 0 Å². The maximum atomic E-state index is 12.2. The molecule has 0 fully saturated rings. The van der Waals surface area contributed by atoms with Gasteiger partial charge in [0.2, 0.25) is 0 Å². The average Bonchev–Trinajstić information content (AvgIpc) is 2.71. The van der Waals surface area contributed by atoms with Gasteiger partial charge in [0.15, 0.2) is 5.82 Å². The van der Waals surface area contributed by atoms with Gasteiger partial charge in [0.25, 0.3) is 10.0 Å². The number of nitrogens with two attached hydrogens (primary N) is 1. The number of hydrogen-bond donors (Lipinski definition) is 2. The molecule has 0 amide bonds. The Morgan fingerprint density at radius 1 is 1.42 bits per heavy atom. The first-order chi connectivity index (χ1) is 8.92. The number of nitrogen functional groups attached to an aromatic ring is 1. The van der Waals surface area contributed by atoms with Gasteiger partial charge in [-0.2, -0.15) is 5.10 Å². The summed E-state index contributed by atoms with van der Waals surface area (Å²) in [5, 5.41) is 3.91. The van der Waals surface area contributed by atoms with Crippen molar-refractivity contribution in [1.29, 1.82) is 0 Å². The predicted molar refractivity (Wildman–Crippen MR) is 72.1 cm³/mol. The van der Waals surface area contributed by atoms with Crippen molar-refractivity contribution in [2.45, 2.75) is 25.3 Å². The van der Waals surface area contributed by atoms with Gasteiger partial charge in [0, 0.05) is 18.4 Å². The van der Waals surface area contributed by atoms with E-state index in [2.05, 4.69) is 14.8 Å². The second-order valence-corrected chi connectivity index (χ2v) is 5.65. The Labute approximate surface area is 111 Å². The standard InChI is InChI=1S/C11H15N5O2S/c1-3-16-7-9(11(12)14-16)19(17,18)15-10-6-4-5-8(2)13-10/h4-7H,3H2,1-2H3,(H2,12,14)(H,13,15). The third kappa shape index (κ3) is 2.84. The number of hydrogen-bond acceptors (Lipinski definition) is 5. The molecule has 2 aromatic heterocycles. The average molecular weight is 281 g/mol. The molecule has 0 radical (unpaired) electrons. The Bertz CT molecular complexity index is 693. The summed E-state index contributed by atoms with van der Waals surface area (Å²) >= 11 is 0. The van der Waals surface area contributed by atoms with Crippen molar-refractivity contribution in [2.24, 2.45) is 0 Å². The van der Waals surface area contributed by atoms with Crippen LogP contribution in [-0.4, -0.2) is 23.2 Å². The van der Waals surface area contributed by atoms with E-state index in [0.717, 1.165) is 5.69 Å². The Morgan fingerprint density at radius 3 is 2.74 bits per heavy atom. The Morgan fingerprint density at radius 2 is 2.16 bits per heavy atom. The molecule has 7 nitrogen and oxygen atoms in total. The van der Waals surface area contributed by atoms with Gasteiger partial charge in [-0.15, -0.1) is 0 Å². The van der Waals surface area contributed by atoms with E-state index in [0.29, 0.717) is 6.54 Å². The van der Waals surface area contributed by atoms with Crippen LogP contribution >= 0.6 is 0 Å². The summed E-state index contributed by atoms with van der Waals surface area (Å²) in [5.74, 6) is 0.227. The van der Waals surface area contributed by atoms with Crippen LogP contribution in [0.1, 0.15) is 12.6 Å². The Hall–Kier alpha value is -2.09. The van der Waals surface area contributed by atoms with Crippen molar-refractivity contribution in [1.82, 2.24) is 14.8 Å². The van der Waals surface area contributed by atoms with Gasteiger partial charge in [-0.1, -0.05) is 6.07 Å². The normalized spacial score (nSPS) is 11.5. The molecule has 8 heteroatoms. The van der Waals surface area contributed by atoms with E-state index in [1.54, 1.807) is 25.1 Å². The maximum absolute atomic E-state index is 12.2. The van der Waals surface area contributed by atoms with E-state index >= 15 is 0 Å². The van der Waals surface area contributed by atoms with E-state index in [9.17, 15) is 8.42 Å². The molecule has 19 heavy (non-hydrogen) atoms. The molecule has 2 aromatic rings. The van der Waals surface area contributed by atoms with E-state index < -0.39 is 10.0 Å². The van der Waals surface area contributed by atoms with Gasteiger partial charge in [-0.05, 0) is 26.0 Å². The summed E-state index contributed by atoms with van der Waals surface area (Å²) in [6.45, 7) is 4.17. The first-order valence-electron chi connectivity index (χ1n) is 5.72. The fourth-order valence-corrected chi connectivity index (χ4v) is 2.66. The zero-order chi connectivity index (χ0) is 14.0. The van der Waals surface area contributed by atoms with Crippen molar-refractivity contribution in [3.63, 3.8) is 0 Å². The molecule has 0 atom stereocenters. The fourth-order valence-electron chi connectivity index (χ4n) is 1.58. The molecule has 2 heterocycles. The van der Waals surface area contributed by atoms with E-state index in [-0.39, 0.29) is 16.5 Å². The van der Waals surface area contributed by atoms with Crippen LogP contribution in [-0.2, 0) is 16.6 Å². The monoisotopic (exact) mass is 281 g/mol. The summed E-state index contributed by atoms with van der Waals surface area (Å²) in [7, 11) is -3.77. The number of anilines is 2. The number of aryl methyl sites for hydroxylation is 2. The molecule has 0 aliphatic carbocycles. The molecule has 0 bridgehead atoms. The van der Waals surface area contributed by atoms with Crippen molar-refractivity contribution in [3.05, 3.63) is 30.1 Å². The molecule has 0 unspecified atom stereocenters. The summed E-state index contributed by atoms with van der Waals surface area (Å²) in [6, 6.07) is 5.07. The van der Waals surface area contributed by atoms with Gasteiger partial charge in [0.1, 0.15) is 10.7 Å². The molecular formula is C11H15N5O2S. The third-order valence-corrected chi connectivity index (χ3v) is 3.87. The highest BCUT2D eigenvalue weighted by molar-refractivity contribution is 7.92. The molecule has 0 saturated carbocycles. The molecule has 0 saturated heterocycles. The number of sulfonamides is 1. The highest BCUT2D eigenvalue weighted by Crippen LogP contribution is 2.19. The number of aromatic nitrogens is 3. The van der Waals surface area contributed by atoms with Crippen LogP contribution in [0.25, 0.3) is 0 Å². The van der Waals surface area contributed by atoms with Gasteiger partial charge < -0.3 is 5.73 Å².